The van der Waals surface area contributed by atoms with E-state index in [2.05, 4.69) is 25.8 Å². The van der Waals surface area contributed by atoms with E-state index in [0.29, 0.717) is 43.1 Å². The van der Waals surface area contributed by atoms with Crippen LogP contribution < -0.4 is 10.6 Å². The molecule has 7 rings (SSSR count). The van der Waals surface area contributed by atoms with E-state index in [4.69, 9.17) is 11.6 Å². The van der Waals surface area contributed by atoms with Crippen molar-refractivity contribution in [2.45, 2.75) is 44.3 Å². The minimum Gasteiger partial charge on any atom is -0.334 e. The van der Waals surface area contributed by atoms with Crippen LogP contribution in [-0.2, 0) is 46.7 Å². The summed E-state index contributed by atoms with van der Waals surface area (Å²) in [5.41, 5.74) is 5.03. The van der Waals surface area contributed by atoms with Gasteiger partial charge in [0.2, 0.25) is 11.8 Å². The maximum atomic E-state index is 14.0. The van der Waals surface area contributed by atoms with Crippen molar-refractivity contribution in [2.24, 2.45) is 5.92 Å². The van der Waals surface area contributed by atoms with Gasteiger partial charge in [-0.2, -0.15) is 5.10 Å². The van der Waals surface area contributed by atoms with Crippen LogP contribution in [0.2, 0.25) is 5.02 Å². The van der Waals surface area contributed by atoms with Crippen LogP contribution in [-0.4, -0.2) is 61.3 Å². The Kier molecular flexibility index (Phi) is 6.42. The predicted molar refractivity (Wildman–Crippen MR) is 158 cm³/mol. The van der Waals surface area contributed by atoms with Gasteiger partial charge in [0, 0.05) is 62.9 Å². The Morgan fingerprint density at radius 2 is 1.88 bits per heavy atom. The fourth-order valence-electron chi connectivity index (χ4n) is 6.64. The number of H-pyrrole nitrogens is 1. The molecule has 4 heterocycles. The number of carbonyl (C=O) groups is 4. The Morgan fingerprint density at radius 1 is 1.09 bits per heavy atom. The van der Waals surface area contributed by atoms with Gasteiger partial charge in [-0.15, -0.1) is 0 Å². The zero-order valence-corrected chi connectivity index (χ0v) is 24.1. The second-order valence-corrected chi connectivity index (χ2v) is 12.0. The Balaban J connectivity index is 1.13. The molecule has 43 heavy (non-hydrogen) atoms. The Hall–Kier alpha value is -4.77. The van der Waals surface area contributed by atoms with Crippen molar-refractivity contribution >= 4 is 51.9 Å². The highest BCUT2D eigenvalue weighted by molar-refractivity contribution is 6.35. The normalized spacial score (nSPS) is 21.3. The SMILES string of the molecule is CN1C(=O)NC(=O)C12Cc1ccc(NC(=O)C[C@@H]3Cc4cc(Cl)c5[nH]ncc5c4CN(Cc4ccncc4)C3=O)cc1C2. The van der Waals surface area contributed by atoms with Crippen LogP contribution in [0, 0.1) is 5.92 Å². The third-order valence-corrected chi connectivity index (χ3v) is 9.27. The summed E-state index contributed by atoms with van der Waals surface area (Å²) in [4.78, 5) is 59.4. The molecule has 4 aromatic rings. The van der Waals surface area contributed by atoms with E-state index in [1.54, 1.807) is 36.6 Å². The molecule has 2 atom stereocenters. The molecule has 11 nitrogen and oxygen atoms in total. The highest BCUT2D eigenvalue weighted by atomic mass is 35.5. The van der Waals surface area contributed by atoms with Crippen molar-refractivity contribution in [3.63, 3.8) is 0 Å². The number of fused-ring (bicyclic) bond motifs is 4. The molecule has 2 aliphatic heterocycles. The third-order valence-electron chi connectivity index (χ3n) is 8.97. The first kappa shape index (κ1) is 27.1. The van der Waals surface area contributed by atoms with Gasteiger partial charge in [-0.25, -0.2) is 4.79 Å². The summed E-state index contributed by atoms with van der Waals surface area (Å²) in [5, 5.41) is 13.9. The molecule has 2 aromatic heterocycles. The smallest absolute Gasteiger partial charge is 0.324 e. The van der Waals surface area contributed by atoms with Gasteiger partial charge in [0.1, 0.15) is 5.54 Å². The summed E-state index contributed by atoms with van der Waals surface area (Å²) < 4.78 is 0. The van der Waals surface area contributed by atoms with Crippen molar-refractivity contribution in [2.75, 3.05) is 12.4 Å². The van der Waals surface area contributed by atoms with Gasteiger partial charge in [-0.3, -0.25) is 29.8 Å². The number of benzene rings is 2. The molecule has 1 aliphatic carbocycles. The molecule has 2 aromatic carbocycles. The average Bonchev–Trinajstić information content (AvgIpc) is 3.66. The summed E-state index contributed by atoms with van der Waals surface area (Å²) in [6.07, 6.45) is 6.23. The second kappa shape index (κ2) is 10.2. The number of imide groups is 1. The largest absolute Gasteiger partial charge is 0.334 e. The summed E-state index contributed by atoms with van der Waals surface area (Å²) >= 11 is 6.57. The monoisotopic (exact) mass is 597 g/mol. The molecule has 218 valence electrons. The molecule has 1 unspecified atom stereocenters. The first-order valence-electron chi connectivity index (χ1n) is 14.0. The van der Waals surface area contributed by atoms with E-state index in [1.807, 2.05) is 30.3 Å². The van der Waals surface area contributed by atoms with Crippen LogP contribution >= 0.6 is 11.6 Å². The van der Waals surface area contributed by atoms with Gasteiger partial charge in [0.15, 0.2) is 0 Å². The minimum atomic E-state index is -0.942. The summed E-state index contributed by atoms with van der Waals surface area (Å²) in [6, 6.07) is 10.7. The molecule has 1 fully saturated rings. The number of amides is 5. The number of nitrogens with zero attached hydrogens (tertiary/aromatic N) is 4. The fourth-order valence-corrected chi connectivity index (χ4v) is 6.92. The highest BCUT2D eigenvalue weighted by Gasteiger charge is 2.54. The molecule has 0 saturated carbocycles. The van der Waals surface area contributed by atoms with Crippen LogP contribution in [0.15, 0.2) is 55.0 Å². The van der Waals surface area contributed by atoms with Gasteiger partial charge in [-0.05, 0) is 64.6 Å². The van der Waals surface area contributed by atoms with Gasteiger partial charge < -0.3 is 15.1 Å². The standard InChI is InChI=1S/C31H28ClN7O4/c1-38-30(43)36-29(42)31(38)12-18-2-3-22(9-21(18)13-31)35-26(40)11-20-8-19-10-25(32)27-23(14-34-37-27)24(19)16-39(28(20)41)15-17-4-6-33-7-5-17/h2-7,9-10,14,20H,8,11-13,15-16H2,1H3,(H,34,37)(H,35,40)(H,36,42,43)/t20-,31?/m0/s1. The van der Waals surface area contributed by atoms with E-state index < -0.39 is 17.5 Å². The lowest BCUT2D eigenvalue weighted by Gasteiger charge is -2.27. The fraction of sp³-hybridized carbons (Fsp3) is 0.290. The molecular formula is C31H28ClN7O4. The number of nitrogens with one attached hydrogen (secondary N) is 3. The number of halogens is 1. The number of anilines is 1. The molecular weight excluding hydrogens is 570 g/mol. The van der Waals surface area contributed by atoms with Gasteiger partial charge in [0.25, 0.3) is 5.91 Å². The van der Waals surface area contributed by atoms with Crippen LogP contribution in [0.3, 0.4) is 0 Å². The van der Waals surface area contributed by atoms with E-state index in [9.17, 15) is 19.2 Å². The molecule has 1 spiro atoms. The Morgan fingerprint density at radius 3 is 2.65 bits per heavy atom. The lowest BCUT2D eigenvalue weighted by atomic mass is 9.92. The maximum Gasteiger partial charge on any atom is 0.324 e. The Labute approximate surface area is 251 Å². The first-order chi connectivity index (χ1) is 20.7. The summed E-state index contributed by atoms with van der Waals surface area (Å²) in [5.74, 6) is -1.33. The maximum absolute atomic E-state index is 14.0. The van der Waals surface area contributed by atoms with Crippen LogP contribution in [0.5, 0.6) is 0 Å². The highest BCUT2D eigenvalue weighted by Crippen LogP contribution is 2.38. The number of aromatic amines is 1. The average molecular weight is 598 g/mol. The molecule has 3 N–H and O–H groups in total. The van der Waals surface area contributed by atoms with Gasteiger partial charge in [-0.1, -0.05) is 17.7 Å². The number of carbonyl (C=O) groups excluding carboxylic acids is 4. The van der Waals surface area contributed by atoms with Crippen molar-refractivity contribution in [1.29, 1.82) is 0 Å². The number of hydrogen-bond donors (Lipinski definition) is 3. The van der Waals surface area contributed by atoms with Gasteiger partial charge in [0.05, 0.1) is 22.7 Å². The first-order valence-corrected chi connectivity index (χ1v) is 14.4. The molecule has 3 aliphatic rings. The Bertz CT molecular complexity index is 1820. The van der Waals surface area contributed by atoms with E-state index in [1.165, 1.54) is 4.90 Å². The second-order valence-electron chi connectivity index (χ2n) is 11.5. The van der Waals surface area contributed by atoms with Crippen LogP contribution in [0.4, 0.5) is 10.5 Å². The quantitative estimate of drug-likeness (QED) is 0.301. The molecule has 5 amide bonds. The lowest BCUT2D eigenvalue weighted by Crippen LogP contribution is -2.48. The molecule has 0 bridgehead atoms. The topological polar surface area (TPSA) is 140 Å². The number of rotatable bonds is 5. The summed E-state index contributed by atoms with van der Waals surface area (Å²) in [6.45, 7) is 0.733. The number of pyridine rings is 1. The number of urea groups is 1. The molecule has 0 radical (unpaired) electrons. The number of likely N-dealkylation sites (N-methyl/N-ethyl adjacent to an activating group) is 1. The summed E-state index contributed by atoms with van der Waals surface area (Å²) in [7, 11) is 1.62. The van der Waals surface area contributed by atoms with Crippen LogP contribution in [0.1, 0.15) is 34.2 Å². The number of hydrogen-bond acceptors (Lipinski definition) is 6. The van der Waals surface area contributed by atoms with Crippen molar-refractivity contribution < 1.29 is 19.2 Å². The minimum absolute atomic E-state index is 0.0210. The van der Waals surface area contributed by atoms with E-state index in [0.717, 1.165) is 38.7 Å². The van der Waals surface area contributed by atoms with Crippen molar-refractivity contribution in [3.8, 4) is 0 Å². The molecule has 1 saturated heterocycles. The van der Waals surface area contributed by atoms with Crippen molar-refractivity contribution in [1.82, 2.24) is 30.3 Å². The van der Waals surface area contributed by atoms with Gasteiger partial charge >= 0.3 is 6.03 Å². The van der Waals surface area contributed by atoms with E-state index in [-0.39, 0.29) is 24.1 Å². The molecule has 12 heteroatoms. The zero-order chi connectivity index (χ0) is 29.9. The van der Waals surface area contributed by atoms with E-state index >= 15 is 0 Å². The lowest BCUT2D eigenvalue weighted by molar-refractivity contribution is -0.138. The number of aromatic nitrogens is 3. The zero-order valence-electron chi connectivity index (χ0n) is 23.3. The predicted octanol–water partition coefficient (Wildman–Crippen LogP) is 3.36. The van der Waals surface area contributed by atoms with Crippen LogP contribution in [0.25, 0.3) is 10.9 Å². The third kappa shape index (κ3) is 4.60. The van der Waals surface area contributed by atoms with Crippen molar-refractivity contribution in [3.05, 3.63) is 87.8 Å².